The molecule has 0 aliphatic rings. The van der Waals surface area contributed by atoms with E-state index in [0.717, 1.165) is 11.3 Å². The zero-order valence-corrected chi connectivity index (χ0v) is 7.50. The monoisotopic (exact) mass is 210 g/mol. The molecular formula is C5H3ClO3S2. The van der Waals surface area contributed by atoms with Gasteiger partial charge in [0, 0.05) is 0 Å². The van der Waals surface area contributed by atoms with Gasteiger partial charge in [0.2, 0.25) is 0 Å². The third-order valence-corrected chi connectivity index (χ3v) is 3.02. The molecule has 1 atom stereocenters. The summed E-state index contributed by atoms with van der Waals surface area (Å²) in [6, 6.07) is 1.31. The molecule has 6 heteroatoms. The largest absolute Gasteiger partial charge is 0.302 e. The number of thiophene rings is 1. The number of carbonyl (C=O) groups excluding carboxylic acids is 1. The lowest BCUT2D eigenvalue weighted by Crippen LogP contribution is -1.88. The van der Waals surface area contributed by atoms with Gasteiger partial charge in [-0.2, -0.15) is 0 Å². The highest BCUT2D eigenvalue weighted by molar-refractivity contribution is 7.79. The Bertz CT molecular complexity index is 307. The molecule has 0 fully saturated rings. The number of rotatable bonds is 2. The molecule has 0 bridgehead atoms. The van der Waals surface area contributed by atoms with E-state index >= 15 is 0 Å². The number of aldehydes is 1. The fourth-order valence-corrected chi connectivity index (χ4v) is 2.45. The summed E-state index contributed by atoms with van der Waals surface area (Å²) >= 11 is 4.36. The van der Waals surface area contributed by atoms with Crippen LogP contribution in [-0.2, 0) is 11.1 Å². The third kappa shape index (κ3) is 1.87. The summed E-state index contributed by atoms with van der Waals surface area (Å²) in [5.41, 5.74) is 0. The SMILES string of the molecule is O=Cc1sc(Cl)cc1S(=O)O. The fourth-order valence-electron chi connectivity index (χ4n) is 0.578. The normalized spacial score (nSPS) is 12.9. The maximum atomic E-state index is 10.5. The Morgan fingerprint density at radius 2 is 2.36 bits per heavy atom. The van der Waals surface area contributed by atoms with E-state index in [0.29, 0.717) is 10.6 Å². The van der Waals surface area contributed by atoms with Crippen LogP contribution in [0.4, 0.5) is 0 Å². The standard InChI is InChI=1S/C5H3ClO3S2/c6-5-1-4(11(8)9)3(2-7)10-5/h1-2H,(H,8,9). The maximum absolute atomic E-state index is 10.5. The van der Waals surface area contributed by atoms with Crippen LogP contribution >= 0.6 is 22.9 Å². The molecule has 1 aromatic rings. The van der Waals surface area contributed by atoms with Gasteiger partial charge in [0.25, 0.3) is 0 Å². The minimum absolute atomic E-state index is 0.0787. The summed E-state index contributed by atoms with van der Waals surface area (Å²) in [6.45, 7) is 0. The Morgan fingerprint density at radius 1 is 1.73 bits per heavy atom. The van der Waals surface area contributed by atoms with Crippen molar-refractivity contribution in [2.75, 3.05) is 0 Å². The molecule has 0 aliphatic heterocycles. The van der Waals surface area contributed by atoms with Crippen LogP contribution in [0, 0.1) is 0 Å². The lowest BCUT2D eigenvalue weighted by molar-refractivity contribution is 0.112. The number of hydrogen-bond acceptors (Lipinski definition) is 3. The van der Waals surface area contributed by atoms with E-state index in [9.17, 15) is 9.00 Å². The van der Waals surface area contributed by atoms with Gasteiger partial charge >= 0.3 is 0 Å². The fraction of sp³-hybridized carbons (Fsp3) is 0. The van der Waals surface area contributed by atoms with Crippen molar-refractivity contribution in [2.45, 2.75) is 4.90 Å². The van der Waals surface area contributed by atoms with Crippen LogP contribution < -0.4 is 0 Å². The van der Waals surface area contributed by atoms with E-state index in [1.807, 2.05) is 0 Å². The molecule has 0 spiro atoms. The molecular weight excluding hydrogens is 208 g/mol. The predicted octanol–water partition coefficient (Wildman–Crippen LogP) is 1.79. The van der Waals surface area contributed by atoms with Crippen LogP contribution in [0.1, 0.15) is 9.67 Å². The molecule has 1 unspecified atom stereocenters. The van der Waals surface area contributed by atoms with Crippen LogP contribution in [0.2, 0.25) is 4.34 Å². The van der Waals surface area contributed by atoms with Crippen molar-refractivity contribution in [1.82, 2.24) is 0 Å². The molecule has 0 aliphatic carbocycles. The minimum Gasteiger partial charge on any atom is -0.302 e. The van der Waals surface area contributed by atoms with Gasteiger partial charge in [-0.15, -0.1) is 11.3 Å². The van der Waals surface area contributed by atoms with Gasteiger partial charge in [0.1, 0.15) is 0 Å². The summed E-state index contributed by atoms with van der Waals surface area (Å²) in [7, 11) is 0. The van der Waals surface area contributed by atoms with E-state index in [-0.39, 0.29) is 9.77 Å². The molecule has 1 heterocycles. The van der Waals surface area contributed by atoms with E-state index in [1.54, 1.807) is 0 Å². The van der Waals surface area contributed by atoms with Crippen molar-refractivity contribution in [3.05, 3.63) is 15.3 Å². The zero-order valence-electron chi connectivity index (χ0n) is 5.11. The van der Waals surface area contributed by atoms with Gasteiger partial charge in [-0.05, 0) is 6.07 Å². The van der Waals surface area contributed by atoms with E-state index < -0.39 is 11.1 Å². The smallest absolute Gasteiger partial charge is 0.188 e. The lowest BCUT2D eigenvalue weighted by Gasteiger charge is -1.86. The molecule has 60 valence electrons. The summed E-state index contributed by atoms with van der Waals surface area (Å²) < 4.78 is 19.4. The molecule has 1 N–H and O–H groups in total. The van der Waals surface area contributed by atoms with E-state index in [4.69, 9.17) is 16.2 Å². The second kappa shape index (κ2) is 3.44. The van der Waals surface area contributed by atoms with Gasteiger partial charge in [0.05, 0.1) is 14.1 Å². The molecule has 1 rings (SSSR count). The Labute approximate surface area is 74.3 Å². The topological polar surface area (TPSA) is 54.4 Å². The Balaban J connectivity index is 3.22. The van der Waals surface area contributed by atoms with Gasteiger partial charge < -0.3 is 4.55 Å². The molecule has 11 heavy (non-hydrogen) atoms. The van der Waals surface area contributed by atoms with Crippen LogP contribution in [0.3, 0.4) is 0 Å². The predicted molar refractivity (Wildman–Crippen MR) is 43.8 cm³/mol. The first-order chi connectivity index (χ1) is 5.15. The van der Waals surface area contributed by atoms with Gasteiger partial charge in [0.15, 0.2) is 17.4 Å². The average molecular weight is 211 g/mol. The van der Waals surface area contributed by atoms with Crippen molar-refractivity contribution in [3.63, 3.8) is 0 Å². The Hall–Kier alpha value is -0.230. The van der Waals surface area contributed by atoms with Gasteiger partial charge in [-0.3, -0.25) is 4.79 Å². The highest BCUT2D eigenvalue weighted by Crippen LogP contribution is 2.26. The first-order valence-corrected chi connectivity index (χ1v) is 4.80. The van der Waals surface area contributed by atoms with Crippen molar-refractivity contribution in [1.29, 1.82) is 0 Å². The number of hydrogen-bond donors (Lipinski definition) is 1. The van der Waals surface area contributed by atoms with Crippen LogP contribution in [0.15, 0.2) is 11.0 Å². The number of carbonyl (C=O) groups is 1. The Morgan fingerprint density at radius 3 is 2.73 bits per heavy atom. The summed E-state index contributed by atoms with van der Waals surface area (Å²) in [6.07, 6.45) is 0.514. The molecule has 0 amide bonds. The van der Waals surface area contributed by atoms with Crippen molar-refractivity contribution < 1.29 is 13.6 Å². The highest BCUT2D eigenvalue weighted by Gasteiger charge is 2.11. The van der Waals surface area contributed by atoms with Crippen molar-refractivity contribution >= 4 is 40.3 Å². The van der Waals surface area contributed by atoms with Crippen LogP contribution in [-0.4, -0.2) is 15.0 Å². The molecule has 0 saturated heterocycles. The van der Waals surface area contributed by atoms with Crippen LogP contribution in [0.5, 0.6) is 0 Å². The summed E-state index contributed by atoms with van der Waals surface area (Å²) in [5, 5.41) is 0. The summed E-state index contributed by atoms with van der Waals surface area (Å²) in [5.74, 6) is 0. The van der Waals surface area contributed by atoms with Gasteiger partial charge in [-0.25, -0.2) is 4.21 Å². The average Bonchev–Trinajstić information content (AvgIpc) is 2.30. The minimum atomic E-state index is -2.12. The lowest BCUT2D eigenvalue weighted by atomic mass is 10.5. The second-order valence-electron chi connectivity index (χ2n) is 1.65. The second-order valence-corrected chi connectivity index (χ2v) is 4.30. The molecule has 3 nitrogen and oxygen atoms in total. The molecule has 0 saturated carbocycles. The molecule has 1 aromatic heterocycles. The Kier molecular flexibility index (Phi) is 2.78. The first-order valence-electron chi connectivity index (χ1n) is 2.50. The number of halogens is 1. The summed E-state index contributed by atoms with van der Waals surface area (Å²) in [4.78, 5) is 10.5. The highest BCUT2D eigenvalue weighted by atomic mass is 35.5. The van der Waals surface area contributed by atoms with Crippen LogP contribution in [0.25, 0.3) is 0 Å². The molecule has 0 radical (unpaired) electrons. The zero-order chi connectivity index (χ0) is 8.43. The maximum Gasteiger partial charge on any atom is 0.188 e. The van der Waals surface area contributed by atoms with Gasteiger partial charge in [-0.1, -0.05) is 11.6 Å². The van der Waals surface area contributed by atoms with Crippen molar-refractivity contribution in [2.24, 2.45) is 0 Å². The quantitative estimate of drug-likeness (QED) is 0.598. The molecule has 0 aromatic carbocycles. The van der Waals surface area contributed by atoms with E-state index in [2.05, 4.69) is 0 Å². The first kappa shape index (κ1) is 8.86. The third-order valence-electron chi connectivity index (χ3n) is 0.990. The van der Waals surface area contributed by atoms with Crippen molar-refractivity contribution in [3.8, 4) is 0 Å². The van der Waals surface area contributed by atoms with E-state index in [1.165, 1.54) is 6.07 Å².